The van der Waals surface area contributed by atoms with E-state index in [9.17, 15) is 20.2 Å². The highest BCUT2D eigenvalue weighted by Gasteiger charge is 2.27. The molecule has 0 radical (unpaired) electrons. The van der Waals surface area contributed by atoms with Gasteiger partial charge in [0.25, 0.3) is 0 Å². The summed E-state index contributed by atoms with van der Waals surface area (Å²) in [5, 5.41) is 21.2. The molecule has 0 unspecified atom stereocenters. The van der Waals surface area contributed by atoms with Crippen molar-refractivity contribution < 1.29 is 9.85 Å². The van der Waals surface area contributed by atoms with Crippen molar-refractivity contribution in [3.05, 3.63) is 55.6 Å². The van der Waals surface area contributed by atoms with Crippen LogP contribution < -0.4 is 11.5 Å². The van der Waals surface area contributed by atoms with Crippen LogP contribution in [0, 0.1) is 20.2 Å². The minimum Gasteiger partial charge on any atom is -0.397 e. The lowest BCUT2D eigenvalue weighted by atomic mass is 10.1. The van der Waals surface area contributed by atoms with Crippen molar-refractivity contribution in [2.45, 2.75) is 20.3 Å². The molecule has 0 aliphatic carbocycles. The lowest BCUT2D eigenvalue weighted by molar-refractivity contribution is -0.422. The van der Waals surface area contributed by atoms with Crippen molar-refractivity contribution in [1.29, 1.82) is 0 Å². The fourth-order valence-corrected chi connectivity index (χ4v) is 2.62. The van der Waals surface area contributed by atoms with E-state index in [-0.39, 0.29) is 7.43 Å². The number of aliphatic imine (C=N–C) groups is 2. The lowest BCUT2D eigenvalue weighted by Crippen LogP contribution is -1.97. The number of nitro benzene ring substituents is 2. The first kappa shape index (κ1) is 19.5. The van der Waals surface area contributed by atoms with E-state index < -0.39 is 21.2 Å². The largest absolute Gasteiger partial charge is 0.397 e. The molecule has 2 aliphatic rings. The fourth-order valence-electron chi connectivity index (χ4n) is 2.62. The highest BCUT2D eigenvalue weighted by molar-refractivity contribution is 5.81. The van der Waals surface area contributed by atoms with Crippen molar-refractivity contribution in [3.8, 4) is 0 Å². The number of nitrogen functional groups attached to an aromatic ring is 2. The molecule has 2 aliphatic heterocycles. The number of nitrogens with zero attached hydrogens (tertiary/aromatic N) is 4. The molecule has 0 bridgehead atoms. The molecule has 4 rings (SSSR count). The predicted octanol–water partition coefficient (Wildman–Crippen LogP) is 3.51. The zero-order valence-electron chi connectivity index (χ0n) is 13.5. The molecule has 4 N–H and O–H groups in total. The molecule has 0 saturated carbocycles. The summed E-state index contributed by atoms with van der Waals surface area (Å²) in [4.78, 5) is 27.7. The van der Waals surface area contributed by atoms with E-state index in [0.717, 1.165) is 23.7 Å². The number of fused-ring (bicyclic) bond motifs is 2. The SMILES string of the molecule is C.Nc1cc2c(cc1N)N=CC2.O=[N+]([O-])c1cc2c(cc1[N+](=O)[O-])N=CC2. The zero-order valence-corrected chi connectivity index (χ0v) is 13.5. The average molecular weight is 370 g/mol. The second-order valence-electron chi connectivity index (χ2n) is 5.63. The van der Waals surface area contributed by atoms with Crippen molar-refractivity contribution >= 4 is 46.6 Å². The molecule has 0 saturated heterocycles. The van der Waals surface area contributed by atoms with Crippen LogP contribution >= 0.6 is 0 Å². The third-order valence-corrected chi connectivity index (χ3v) is 3.94. The first-order chi connectivity index (χ1) is 12.4. The predicted molar refractivity (Wildman–Crippen MR) is 105 cm³/mol. The van der Waals surface area contributed by atoms with E-state index in [1.165, 1.54) is 6.07 Å². The van der Waals surface area contributed by atoms with Gasteiger partial charge in [0.05, 0.1) is 32.6 Å². The van der Waals surface area contributed by atoms with Gasteiger partial charge in [0.2, 0.25) is 0 Å². The molecule has 0 atom stereocenters. The summed E-state index contributed by atoms with van der Waals surface area (Å²) >= 11 is 0. The van der Waals surface area contributed by atoms with E-state index in [2.05, 4.69) is 9.98 Å². The minimum atomic E-state index is -0.772. The molecule has 140 valence electrons. The average Bonchev–Trinajstić information content (AvgIpc) is 3.22. The molecule has 2 heterocycles. The quantitative estimate of drug-likeness (QED) is 0.466. The van der Waals surface area contributed by atoms with Crippen molar-refractivity contribution in [3.63, 3.8) is 0 Å². The minimum absolute atomic E-state index is 0. The van der Waals surface area contributed by atoms with Crippen LogP contribution in [0.1, 0.15) is 18.6 Å². The van der Waals surface area contributed by atoms with Crippen LogP contribution in [-0.2, 0) is 12.8 Å². The van der Waals surface area contributed by atoms with Crippen LogP contribution in [0.25, 0.3) is 0 Å². The first-order valence-electron chi connectivity index (χ1n) is 7.55. The van der Waals surface area contributed by atoms with Crippen LogP contribution in [-0.4, -0.2) is 22.3 Å². The van der Waals surface area contributed by atoms with Crippen LogP contribution in [0.4, 0.5) is 34.1 Å². The van der Waals surface area contributed by atoms with Gasteiger partial charge in [-0.1, -0.05) is 7.43 Å². The monoisotopic (exact) mass is 370 g/mol. The second kappa shape index (κ2) is 7.60. The first-order valence-corrected chi connectivity index (χ1v) is 7.55. The van der Waals surface area contributed by atoms with Crippen molar-refractivity contribution in [2.24, 2.45) is 9.98 Å². The van der Waals surface area contributed by atoms with E-state index >= 15 is 0 Å². The molecule has 0 aromatic heterocycles. The number of nitro groups is 2. The van der Waals surface area contributed by atoms with Gasteiger partial charge in [-0.05, 0) is 23.3 Å². The highest BCUT2D eigenvalue weighted by Crippen LogP contribution is 2.36. The number of benzene rings is 2. The Morgan fingerprint density at radius 3 is 1.78 bits per heavy atom. The Hall–Kier alpha value is -3.82. The summed E-state index contributed by atoms with van der Waals surface area (Å²) < 4.78 is 0. The maximum Gasteiger partial charge on any atom is 0.348 e. The summed E-state index contributed by atoms with van der Waals surface area (Å²) in [5.74, 6) is 0. The van der Waals surface area contributed by atoms with Crippen LogP contribution in [0.3, 0.4) is 0 Å². The molecule has 2 aromatic carbocycles. The summed E-state index contributed by atoms with van der Waals surface area (Å²) in [5.41, 5.74) is 14.7. The van der Waals surface area contributed by atoms with E-state index in [4.69, 9.17) is 11.5 Å². The van der Waals surface area contributed by atoms with Crippen LogP contribution in [0.15, 0.2) is 34.3 Å². The number of nitrogens with two attached hydrogens (primary N) is 2. The Morgan fingerprint density at radius 1 is 0.778 bits per heavy atom. The van der Waals surface area contributed by atoms with E-state index in [1.807, 2.05) is 18.3 Å². The summed E-state index contributed by atoms with van der Waals surface area (Å²) in [6, 6.07) is 6.04. The third-order valence-electron chi connectivity index (χ3n) is 3.94. The van der Waals surface area contributed by atoms with Gasteiger partial charge < -0.3 is 11.5 Å². The van der Waals surface area contributed by atoms with Gasteiger partial charge in [0.1, 0.15) is 0 Å². The van der Waals surface area contributed by atoms with Crippen LogP contribution in [0.5, 0.6) is 0 Å². The van der Waals surface area contributed by atoms with Gasteiger partial charge in [-0.25, -0.2) is 0 Å². The van der Waals surface area contributed by atoms with Gasteiger partial charge in [-0.15, -0.1) is 0 Å². The van der Waals surface area contributed by atoms with Gasteiger partial charge in [-0.2, -0.15) is 0 Å². The normalized spacial score (nSPS) is 12.4. The molecular weight excluding hydrogens is 352 g/mol. The Balaban J connectivity index is 0.000000194. The molecule has 0 amide bonds. The highest BCUT2D eigenvalue weighted by atomic mass is 16.6. The molecule has 27 heavy (non-hydrogen) atoms. The van der Waals surface area contributed by atoms with Gasteiger partial charge in [0.15, 0.2) is 0 Å². The maximum absolute atomic E-state index is 10.6. The Kier molecular flexibility index (Phi) is 5.49. The molecule has 10 nitrogen and oxygen atoms in total. The van der Waals surface area contributed by atoms with Crippen molar-refractivity contribution in [2.75, 3.05) is 11.5 Å². The van der Waals surface area contributed by atoms with E-state index in [0.29, 0.717) is 29.0 Å². The topological polar surface area (TPSA) is 163 Å². The number of rotatable bonds is 2. The number of hydrogen-bond acceptors (Lipinski definition) is 8. The Labute approximate surface area is 154 Å². The van der Waals surface area contributed by atoms with Crippen LogP contribution in [0.2, 0.25) is 0 Å². The number of anilines is 2. The smallest absolute Gasteiger partial charge is 0.348 e. The Bertz CT molecular complexity index is 984. The summed E-state index contributed by atoms with van der Waals surface area (Å²) in [7, 11) is 0. The molecule has 2 aromatic rings. The van der Waals surface area contributed by atoms with E-state index in [1.54, 1.807) is 6.21 Å². The van der Waals surface area contributed by atoms with Gasteiger partial charge >= 0.3 is 11.4 Å². The molecule has 10 heteroatoms. The summed E-state index contributed by atoms with van der Waals surface area (Å²) in [6.07, 6.45) is 4.79. The summed E-state index contributed by atoms with van der Waals surface area (Å²) in [6.45, 7) is 0. The standard InChI is InChI=1S/C8H5N3O4.C8H9N3.CH4/c12-10(13)7-3-5-1-2-9-6(5)4-8(7)11(14)15;9-6-3-5-1-2-11-8(5)4-7(6)10;/h2-4H,1H2;2-4H,1,9-10H2;1H4. The van der Waals surface area contributed by atoms with Gasteiger partial charge in [-0.3, -0.25) is 30.2 Å². The maximum atomic E-state index is 10.6. The lowest BCUT2D eigenvalue weighted by Gasteiger charge is -2.02. The molecule has 0 spiro atoms. The number of hydrogen-bond donors (Lipinski definition) is 2. The zero-order chi connectivity index (χ0) is 18.8. The fraction of sp³-hybridized carbons (Fsp3) is 0.176. The van der Waals surface area contributed by atoms with Crippen molar-refractivity contribution in [1.82, 2.24) is 0 Å². The Morgan fingerprint density at radius 2 is 1.22 bits per heavy atom. The molecule has 0 fully saturated rings. The molecular formula is C17H18N6O4. The second-order valence-corrected chi connectivity index (χ2v) is 5.63. The van der Waals surface area contributed by atoms with Gasteiger partial charge in [0, 0.05) is 37.4 Å². The third kappa shape index (κ3) is 3.89.